The molecule has 0 saturated carbocycles. The molecule has 0 spiro atoms. The Kier molecular flexibility index (Phi) is 3.82. The number of rotatable bonds is 3. The monoisotopic (exact) mass is 236 g/mol. The molecule has 1 saturated heterocycles. The summed E-state index contributed by atoms with van der Waals surface area (Å²) in [4.78, 5) is 11.4. The molecule has 0 aliphatic carbocycles. The van der Waals surface area contributed by atoms with Crippen molar-refractivity contribution in [2.24, 2.45) is 0 Å². The van der Waals surface area contributed by atoms with Gasteiger partial charge in [-0.15, -0.1) is 0 Å². The van der Waals surface area contributed by atoms with Gasteiger partial charge in [-0.25, -0.2) is 4.79 Å². The van der Waals surface area contributed by atoms with Crippen molar-refractivity contribution in [2.75, 3.05) is 18.9 Å². The number of nitrogens with one attached hydrogen (secondary N) is 1. The highest BCUT2D eigenvalue weighted by Gasteiger charge is 2.19. The Morgan fingerprint density at radius 3 is 3.18 bits per heavy atom. The number of carbonyl (C=O) groups excluding carboxylic acids is 1. The lowest BCUT2D eigenvalue weighted by Crippen LogP contribution is -2.28. The largest absolute Gasteiger partial charge is 0.444 e. The Bertz CT molecular complexity index is 389. The Morgan fingerprint density at radius 2 is 2.47 bits per heavy atom. The summed E-state index contributed by atoms with van der Waals surface area (Å²) < 4.78 is 10.3. The highest BCUT2D eigenvalue weighted by Crippen LogP contribution is 2.09. The molecule has 1 aromatic rings. The summed E-state index contributed by atoms with van der Waals surface area (Å²) in [6, 6.07) is 7.37. The van der Waals surface area contributed by atoms with Gasteiger partial charge in [0.05, 0.1) is 13.2 Å². The van der Waals surface area contributed by atoms with Crippen LogP contribution in [0.15, 0.2) is 24.3 Å². The minimum absolute atomic E-state index is 0.115. The summed E-state index contributed by atoms with van der Waals surface area (Å²) >= 11 is 0. The van der Waals surface area contributed by atoms with E-state index >= 15 is 0 Å². The third-order valence-electron chi connectivity index (χ3n) is 2.55. The molecule has 2 rings (SSSR count). The maximum Gasteiger partial charge on any atom is 0.407 e. The molecule has 17 heavy (non-hydrogen) atoms. The minimum Gasteiger partial charge on any atom is -0.444 e. The van der Waals surface area contributed by atoms with E-state index in [9.17, 15) is 4.79 Å². The summed E-state index contributed by atoms with van der Waals surface area (Å²) in [5.41, 5.74) is 7.27. The number of alkyl carbamates (subject to hydrolysis) is 1. The van der Waals surface area contributed by atoms with Crippen molar-refractivity contribution in [3.05, 3.63) is 29.8 Å². The Morgan fingerprint density at radius 1 is 1.59 bits per heavy atom. The zero-order valence-corrected chi connectivity index (χ0v) is 9.52. The molecule has 1 amide bonds. The lowest BCUT2D eigenvalue weighted by Gasteiger charge is -2.11. The van der Waals surface area contributed by atoms with Crippen molar-refractivity contribution in [3.8, 4) is 0 Å². The normalized spacial score (nSPS) is 18.9. The van der Waals surface area contributed by atoms with E-state index < -0.39 is 6.09 Å². The van der Waals surface area contributed by atoms with Crippen LogP contribution in [0.3, 0.4) is 0 Å². The van der Waals surface area contributed by atoms with Crippen LogP contribution in [0.5, 0.6) is 0 Å². The van der Waals surface area contributed by atoms with Gasteiger partial charge in [-0.3, -0.25) is 0 Å². The first-order chi connectivity index (χ1) is 8.24. The summed E-state index contributed by atoms with van der Waals surface area (Å²) in [6.45, 7) is 1.57. The van der Waals surface area contributed by atoms with Gasteiger partial charge < -0.3 is 20.5 Å². The molecule has 5 heteroatoms. The van der Waals surface area contributed by atoms with Gasteiger partial charge >= 0.3 is 6.09 Å². The maximum absolute atomic E-state index is 11.4. The fourth-order valence-corrected chi connectivity index (χ4v) is 1.68. The first-order valence-electron chi connectivity index (χ1n) is 5.60. The number of carbonyl (C=O) groups is 1. The average molecular weight is 236 g/mol. The average Bonchev–Trinajstić information content (AvgIpc) is 2.79. The number of hydrogen-bond acceptors (Lipinski definition) is 4. The van der Waals surface area contributed by atoms with E-state index in [4.69, 9.17) is 15.2 Å². The van der Waals surface area contributed by atoms with Gasteiger partial charge in [0.15, 0.2) is 0 Å². The minimum atomic E-state index is -0.414. The second-order valence-electron chi connectivity index (χ2n) is 3.99. The quantitative estimate of drug-likeness (QED) is 0.775. The molecular formula is C12H16N2O3. The predicted molar refractivity (Wildman–Crippen MR) is 63.4 cm³/mol. The van der Waals surface area contributed by atoms with Gasteiger partial charge in [0, 0.05) is 18.7 Å². The van der Waals surface area contributed by atoms with Gasteiger partial charge in [0.25, 0.3) is 0 Å². The molecule has 3 N–H and O–H groups in total. The smallest absolute Gasteiger partial charge is 0.407 e. The van der Waals surface area contributed by atoms with Crippen molar-refractivity contribution in [1.29, 1.82) is 0 Å². The van der Waals surface area contributed by atoms with E-state index in [0.717, 1.165) is 12.0 Å². The van der Waals surface area contributed by atoms with Crippen LogP contribution in [-0.2, 0) is 16.0 Å². The van der Waals surface area contributed by atoms with Crippen molar-refractivity contribution in [2.45, 2.75) is 19.1 Å². The summed E-state index contributed by atoms with van der Waals surface area (Å²) in [5, 5.41) is 2.68. The van der Waals surface area contributed by atoms with Crippen LogP contribution in [0.25, 0.3) is 0 Å². The SMILES string of the molecule is Nc1cccc(CNC(=O)O[C@@H]2CCOC2)c1. The highest BCUT2D eigenvalue weighted by molar-refractivity contribution is 5.67. The standard InChI is InChI=1S/C12H16N2O3/c13-10-3-1-2-9(6-10)7-14-12(15)17-11-4-5-16-8-11/h1-3,6,11H,4-5,7-8,13H2,(H,14,15)/t11-/m1/s1. The zero-order valence-electron chi connectivity index (χ0n) is 9.52. The number of nitrogen functional groups attached to an aromatic ring is 1. The topological polar surface area (TPSA) is 73.6 Å². The summed E-state index contributed by atoms with van der Waals surface area (Å²) in [6.07, 6.45) is 0.241. The lowest BCUT2D eigenvalue weighted by molar-refractivity contribution is 0.0828. The number of hydrogen-bond donors (Lipinski definition) is 2. The number of benzene rings is 1. The third-order valence-corrected chi connectivity index (χ3v) is 2.55. The molecule has 1 aliphatic rings. The van der Waals surface area contributed by atoms with E-state index in [1.54, 1.807) is 6.07 Å². The van der Waals surface area contributed by atoms with Crippen molar-refractivity contribution < 1.29 is 14.3 Å². The molecule has 1 heterocycles. The number of nitrogens with two attached hydrogens (primary N) is 1. The van der Waals surface area contributed by atoms with E-state index in [1.807, 2.05) is 18.2 Å². The zero-order chi connectivity index (χ0) is 12.1. The van der Waals surface area contributed by atoms with E-state index in [-0.39, 0.29) is 6.10 Å². The van der Waals surface area contributed by atoms with Crippen LogP contribution < -0.4 is 11.1 Å². The lowest BCUT2D eigenvalue weighted by atomic mass is 10.2. The second-order valence-corrected chi connectivity index (χ2v) is 3.99. The molecule has 1 aromatic carbocycles. The number of anilines is 1. The number of amides is 1. The summed E-state index contributed by atoms with van der Waals surface area (Å²) in [5.74, 6) is 0. The first-order valence-corrected chi connectivity index (χ1v) is 5.60. The number of ether oxygens (including phenoxy) is 2. The fraction of sp³-hybridized carbons (Fsp3) is 0.417. The van der Waals surface area contributed by atoms with Crippen LogP contribution in [0.2, 0.25) is 0 Å². The molecule has 1 fully saturated rings. The Balaban J connectivity index is 1.75. The van der Waals surface area contributed by atoms with Gasteiger partial charge in [0.1, 0.15) is 6.10 Å². The van der Waals surface area contributed by atoms with Gasteiger partial charge in [-0.1, -0.05) is 12.1 Å². The molecule has 1 aliphatic heterocycles. The van der Waals surface area contributed by atoms with Gasteiger partial charge in [0.2, 0.25) is 0 Å². The molecule has 0 aromatic heterocycles. The molecule has 1 atom stereocenters. The van der Waals surface area contributed by atoms with Crippen molar-refractivity contribution in [1.82, 2.24) is 5.32 Å². The van der Waals surface area contributed by atoms with Crippen LogP contribution >= 0.6 is 0 Å². The first kappa shape index (κ1) is 11.7. The van der Waals surface area contributed by atoms with Gasteiger partial charge in [-0.05, 0) is 17.7 Å². The van der Waals surface area contributed by atoms with E-state index in [0.29, 0.717) is 25.4 Å². The molecule has 0 radical (unpaired) electrons. The maximum atomic E-state index is 11.4. The van der Waals surface area contributed by atoms with Crippen LogP contribution in [0.1, 0.15) is 12.0 Å². The highest BCUT2D eigenvalue weighted by atomic mass is 16.6. The Hall–Kier alpha value is -1.75. The van der Waals surface area contributed by atoms with E-state index in [1.165, 1.54) is 0 Å². The van der Waals surface area contributed by atoms with Gasteiger partial charge in [-0.2, -0.15) is 0 Å². The van der Waals surface area contributed by atoms with Crippen molar-refractivity contribution in [3.63, 3.8) is 0 Å². The van der Waals surface area contributed by atoms with Crippen LogP contribution in [0.4, 0.5) is 10.5 Å². The van der Waals surface area contributed by atoms with Crippen LogP contribution in [0, 0.1) is 0 Å². The predicted octanol–water partition coefficient (Wildman–Crippen LogP) is 1.28. The second kappa shape index (κ2) is 5.54. The van der Waals surface area contributed by atoms with E-state index in [2.05, 4.69) is 5.32 Å². The van der Waals surface area contributed by atoms with Crippen LogP contribution in [-0.4, -0.2) is 25.4 Å². The molecule has 5 nitrogen and oxygen atoms in total. The summed E-state index contributed by atoms with van der Waals surface area (Å²) in [7, 11) is 0. The van der Waals surface area contributed by atoms with Crippen molar-refractivity contribution >= 4 is 11.8 Å². The Labute approximate surface area is 99.9 Å². The molecule has 0 bridgehead atoms. The fourth-order valence-electron chi connectivity index (χ4n) is 1.68. The molecule has 92 valence electrons. The molecule has 0 unspecified atom stereocenters. The molecular weight excluding hydrogens is 220 g/mol. The third kappa shape index (κ3) is 3.64.